The first-order chi connectivity index (χ1) is 8.93. The molecule has 1 aliphatic carbocycles. The Hall–Kier alpha value is -1.98. The lowest BCUT2D eigenvalue weighted by atomic mass is 9.99. The zero-order valence-corrected chi connectivity index (χ0v) is 10.2. The van der Waals surface area contributed by atoms with Gasteiger partial charge in [0, 0.05) is 12.0 Å². The average Bonchev–Trinajstić information content (AvgIpc) is 3.05. The van der Waals surface area contributed by atoms with Crippen molar-refractivity contribution in [2.24, 2.45) is 5.41 Å². The van der Waals surface area contributed by atoms with Gasteiger partial charge in [-0.25, -0.2) is 8.78 Å². The summed E-state index contributed by atoms with van der Waals surface area (Å²) >= 11 is 0. The minimum Gasteiger partial charge on any atom is -0.480 e. The second-order valence-electron chi connectivity index (χ2n) is 4.42. The highest BCUT2D eigenvalue weighted by Crippen LogP contribution is 2.60. The van der Waals surface area contributed by atoms with E-state index in [-0.39, 0.29) is 18.6 Å². The summed E-state index contributed by atoms with van der Waals surface area (Å²) in [7, 11) is 0. The number of esters is 1. The Morgan fingerprint density at radius 3 is 2.68 bits per heavy atom. The maximum atomic E-state index is 13.6. The first kappa shape index (κ1) is 13.5. The van der Waals surface area contributed by atoms with Crippen LogP contribution < -0.4 is 0 Å². The van der Waals surface area contributed by atoms with E-state index in [0.29, 0.717) is 6.07 Å². The van der Waals surface area contributed by atoms with E-state index in [1.165, 1.54) is 6.07 Å². The van der Waals surface area contributed by atoms with Crippen molar-refractivity contribution in [1.29, 1.82) is 0 Å². The van der Waals surface area contributed by atoms with Crippen molar-refractivity contribution in [2.45, 2.75) is 19.3 Å². The average molecular weight is 270 g/mol. The number of carboxylic acids is 1. The highest BCUT2D eigenvalue weighted by molar-refractivity contribution is 6.04. The van der Waals surface area contributed by atoms with E-state index in [1.54, 1.807) is 6.92 Å². The second kappa shape index (κ2) is 4.60. The largest absolute Gasteiger partial charge is 0.480 e. The lowest BCUT2D eigenvalue weighted by Crippen LogP contribution is -2.29. The quantitative estimate of drug-likeness (QED) is 0.672. The van der Waals surface area contributed by atoms with Gasteiger partial charge in [-0.05, 0) is 25.0 Å². The molecule has 1 aliphatic rings. The van der Waals surface area contributed by atoms with Gasteiger partial charge in [-0.15, -0.1) is 0 Å². The van der Waals surface area contributed by atoms with Crippen LogP contribution in [0.2, 0.25) is 0 Å². The van der Waals surface area contributed by atoms with Crippen LogP contribution >= 0.6 is 0 Å². The Bertz CT molecular complexity index is 543. The van der Waals surface area contributed by atoms with Crippen LogP contribution in [0.3, 0.4) is 0 Å². The molecule has 0 aliphatic heterocycles. The zero-order valence-electron chi connectivity index (χ0n) is 10.2. The number of halogens is 2. The molecule has 0 heterocycles. The molecule has 6 heteroatoms. The van der Waals surface area contributed by atoms with Crippen molar-refractivity contribution in [3.05, 3.63) is 35.4 Å². The van der Waals surface area contributed by atoms with Crippen LogP contribution in [0.15, 0.2) is 18.2 Å². The summed E-state index contributed by atoms with van der Waals surface area (Å²) in [5.41, 5.74) is -1.72. The van der Waals surface area contributed by atoms with E-state index in [2.05, 4.69) is 0 Å². The van der Waals surface area contributed by atoms with Gasteiger partial charge in [-0.1, -0.05) is 6.07 Å². The minimum atomic E-state index is -1.74. The number of ether oxygens (including phenoxy) is 1. The molecule has 1 fully saturated rings. The van der Waals surface area contributed by atoms with Crippen LogP contribution in [-0.2, 0) is 14.3 Å². The molecule has 1 N–H and O–H groups in total. The van der Waals surface area contributed by atoms with Gasteiger partial charge in [0.1, 0.15) is 11.6 Å². The Labute approximate surface area is 108 Å². The van der Waals surface area contributed by atoms with Gasteiger partial charge in [-0.3, -0.25) is 9.59 Å². The first-order valence-corrected chi connectivity index (χ1v) is 5.79. The molecule has 0 bridgehead atoms. The van der Waals surface area contributed by atoms with Gasteiger partial charge in [0.05, 0.1) is 6.61 Å². The van der Waals surface area contributed by atoms with Crippen LogP contribution in [0, 0.1) is 17.0 Å². The second-order valence-corrected chi connectivity index (χ2v) is 4.42. The van der Waals surface area contributed by atoms with Gasteiger partial charge in [0.15, 0.2) is 5.41 Å². The SMILES string of the molecule is CCOC(=O)C1(C(=O)O)CC1c1ccc(F)cc1F. The molecule has 2 rings (SSSR count). The number of carbonyl (C=O) groups excluding carboxylic acids is 1. The Balaban J connectivity index is 2.33. The molecular weight excluding hydrogens is 258 g/mol. The summed E-state index contributed by atoms with van der Waals surface area (Å²) in [4.78, 5) is 23.0. The number of rotatable bonds is 4. The van der Waals surface area contributed by atoms with Crippen molar-refractivity contribution in [2.75, 3.05) is 6.61 Å². The fraction of sp³-hybridized carbons (Fsp3) is 0.385. The number of benzene rings is 1. The number of hydrogen-bond acceptors (Lipinski definition) is 3. The third kappa shape index (κ3) is 2.07. The monoisotopic (exact) mass is 270 g/mol. The summed E-state index contributed by atoms with van der Waals surface area (Å²) in [5.74, 6) is -4.64. The summed E-state index contributed by atoms with van der Waals surface area (Å²) in [6.07, 6.45) is -0.0380. The molecular formula is C13H12F2O4. The van der Waals surface area contributed by atoms with Crippen molar-refractivity contribution in [1.82, 2.24) is 0 Å². The summed E-state index contributed by atoms with van der Waals surface area (Å²) < 4.78 is 31.2. The highest BCUT2D eigenvalue weighted by Gasteiger charge is 2.68. The van der Waals surface area contributed by atoms with Crippen molar-refractivity contribution in [3.8, 4) is 0 Å². The topological polar surface area (TPSA) is 63.6 Å². The van der Waals surface area contributed by atoms with Gasteiger partial charge in [-0.2, -0.15) is 0 Å². The number of carboxylic acid groups (broad SMARTS) is 1. The summed E-state index contributed by atoms with van der Waals surface area (Å²) in [6, 6.07) is 2.87. The van der Waals surface area contributed by atoms with E-state index in [9.17, 15) is 23.5 Å². The third-order valence-corrected chi connectivity index (χ3v) is 3.32. The van der Waals surface area contributed by atoms with E-state index >= 15 is 0 Å². The lowest BCUT2D eigenvalue weighted by molar-refractivity contribution is -0.161. The smallest absolute Gasteiger partial charge is 0.324 e. The first-order valence-electron chi connectivity index (χ1n) is 5.79. The lowest BCUT2D eigenvalue weighted by Gasteiger charge is -2.11. The van der Waals surface area contributed by atoms with Crippen molar-refractivity contribution < 1.29 is 28.2 Å². The zero-order chi connectivity index (χ0) is 14.2. The molecule has 1 saturated carbocycles. The molecule has 0 radical (unpaired) electrons. The minimum absolute atomic E-state index is 0.0249. The van der Waals surface area contributed by atoms with Crippen LogP contribution in [0.25, 0.3) is 0 Å². The van der Waals surface area contributed by atoms with Gasteiger partial charge >= 0.3 is 11.9 Å². The fourth-order valence-electron chi connectivity index (χ4n) is 2.23. The van der Waals surface area contributed by atoms with Crippen molar-refractivity contribution >= 4 is 11.9 Å². The maximum absolute atomic E-state index is 13.6. The molecule has 0 aromatic heterocycles. The van der Waals surface area contributed by atoms with Crippen LogP contribution in [-0.4, -0.2) is 23.7 Å². The standard InChI is InChI=1S/C13H12F2O4/c1-2-19-12(18)13(11(16)17)6-9(13)8-4-3-7(14)5-10(8)15/h3-5,9H,2,6H2,1H3,(H,16,17). The van der Waals surface area contributed by atoms with Gasteiger partial charge in [0.25, 0.3) is 0 Å². The summed E-state index contributed by atoms with van der Waals surface area (Å²) in [6.45, 7) is 1.61. The van der Waals surface area contributed by atoms with Gasteiger partial charge < -0.3 is 9.84 Å². The van der Waals surface area contributed by atoms with E-state index in [4.69, 9.17) is 4.74 Å². The molecule has 1 aromatic rings. The van der Waals surface area contributed by atoms with Crippen LogP contribution in [0.1, 0.15) is 24.8 Å². The predicted octanol–water partition coefficient (Wildman–Crippen LogP) is 2.09. The maximum Gasteiger partial charge on any atom is 0.324 e. The summed E-state index contributed by atoms with van der Waals surface area (Å²) in [5, 5.41) is 9.18. The molecule has 0 spiro atoms. The third-order valence-electron chi connectivity index (χ3n) is 3.32. The number of carbonyl (C=O) groups is 2. The highest BCUT2D eigenvalue weighted by atomic mass is 19.1. The van der Waals surface area contributed by atoms with Crippen LogP contribution in [0.4, 0.5) is 8.78 Å². The van der Waals surface area contributed by atoms with E-state index in [0.717, 1.165) is 6.07 Å². The molecule has 0 amide bonds. The molecule has 102 valence electrons. The molecule has 2 unspecified atom stereocenters. The number of aliphatic carboxylic acids is 1. The Kier molecular flexibility index (Phi) is 3.26. The fourth-order valence-corrected chi connectivity index (χ4v) is 2.23. The molecule has 1 aromatic carbocycles. The molecule has 0 saturated heterocycles. The molecule has 4 nitrogen and oxygen atoms in total. The van der Waals surface area contributed by atoms with Crippen molar-refractivity contribution in [3.63, 3.8) is 0 Å². The predicted molar refractivity (Wildman–Crippen MR) is 60.4 cm³/mol. The van der Waals surface area contributed by atoms with E-state index in [1.807, 2.05) is 0 Å². The van der Waals surface area contributed by atoms with E-state index < -0.39 is 34.9 Å². The Morgan fingerprint density at radius 2 is 2.16 bits per heavy atom. The van der Waals surface area contributed by atoms with Crippen LogP contribution in [0.5, 0.6) is 0 Å². The van der Waals surface area contributed by atoms with Gasteiger partial charge in [0.2, 0.25) is 0 Å². The Morgan fingerprint density at radius 1 is 1.47 bits per heavy atom. The molecule has 19 heavy (non-hydrogen) atoms. The molecule has 2 atom stereocenters. The normalized spacial score (nSPS) is 24.9. The number of hydrogen-bond donors (Lipinski definition) is 1.